The fourth-order valence-corrected chi connectivity index (χ4v) is 5.56. The van der Waals surface area contributed by atoms with Gasteiger partial charge in [0.1, 0.15) is 13.9 Å². The van der Waals surface area contributed by atoms with E-state index in [1.165, 1.54) is 49.1 Å². The average Bonchev–Trinajstić information content (AvgIpc) is 2.63. The van der Waals surface area contributed by atoms with Crippen LogP contribution in [0.5, 0.6) is 5.75 Å². The second kappa shape index (κ2) is 5.31. The van der Waals surface area contributed by atoms with Crippen LogP contribution in [0.1, 0.15) is 11.1 Å². The van der Waals surface area contributed by atoms with Gasteiger partial charge in [-0.15, -0.1) is 0 Å². The third kappa shape index (κ3) is 2.06. The molecular formula is C23H19OP. The predicted molar refractivity (Wildman–Crippen MR) is 109 cm³/mol. The van der Waals surface area contributed by atoms with Crippen LogP contribution in [0.4, 0.5) is 0 Å². The summed E-state index contributed by atoms with van der Waals surface area (Å²) in [5.41, 5.74) is 5.23. The molecule has 0 N–H and O–H groups in total. The van der Waals surface area contributed by atoms with Crippen molar-refractivity contribution in [3.05, 3.63) is 71.8 Å². The third-order valence-electron chi connectivity index (χ3n) is 5.27. The molecule has 1 aliphatic heterocycles. The van der Waals surface area contributed by atoms with E-state index in [1.807, 2.05) is 0 Å². The molecule has 1 atom stereocenters. The van der Waals surface area contributed by atoms with E-state index >= 15 is 0 Å². The van der Waals surface area contributed by atoms with Crippen molar-refractivity contribution in [2.75, 3.05) is 6.66 Å². The Morgan fingerprint density at radius 2 is 1.20 bits per heavy atom. The Kier molecular flexibility index (Phi) is 3.17. The lowest BCUT2D eigenvalue weighted by Crippen LogP contribution is -2.15. The van der Waals surface area contributed by atoms with Gasteiger partial charge in [0.25, 0.3) is 0 Å². The molecule has 0 amide bonds. The molecule has 0 fully saturated rings. The quantitative estimate of drug-likeness (QED) is 0.340. The summed E-state index contributed by atoms with van der Waals surface area (Å²) < 4.78 is 6.42. The predicted octanol–water partition coefficient (Wildman–Crippen LogP) is 6.32. The highest BCUT2D eigenvalue weighted by Gasteiger charge is 2.28. The van der Waals surface area contributed by atoms with E-state index in [0.717, 1.165) is 5.75 Å². The van der Waals surface area contributed by atoms with Crippen molar-refractivity contribution in [1.29, 1.82) is 0 Å². The second-order valence-corrected chi connectivity index (χ2v) is 8.49. The first kappa shape index (κ1) is 14.9. The molecule has 5 rings (SSSR count). The molecule has 122 valence electrons. The van der Waals surface area contributed by atoms with Crippen LogP contribution in [0, 0.1) is 13.8 Å². The zero-order valence-corrected chi connectivity index (χ0v) is 15.5. The first-order valence-corrected chi connectivity index (χ1v) is 10.3. The van der Waals surface area contributed by atoms with Gasteiger partial charge in [-0.05, 0) is 65.3 Å². The summed E-state index contributed by atoms with van der Waals surface area (Å²) in [5.74, 6) is 1.03. The van der Waals surface area contributed by atoms with E-state index in [0.29, 0.717) is 0 Å². The number of rotatable bonds is 0. The fraction of sp³-hybridized carbons (Fsp3) is 0.130. The lowest BCUT2D eigenvalue weighted by Gasteiger charge is -2.29. The minimum absolute atomic E-state index is 0.651. The lowest BCUT2D eigenvalue weighted by atomic mass is 9.90. The smallest absolute Gasteiger partial charge is 0.132 e. The molecule has 2 heteroatoms. The highest BCUT2D eigenvalue weighted by atomic mass is 31.1. The van der Waals surface area contributed by atoms with Crippen LogP contribution in [0.15, 0.2) is 60.7 Å². The van der Waals surface area contributed by atoms with Gasteiger partial charge in [-0.25, -0.2) is 0 Å². The van der Waals surface area contributed by atoms with E-state index < -0.39 is 8.15 Å². The Morgan fingerprint density at radius 1 is 0.680 bits per heavy atom. The summed E-state index contributed by atoms with van der Waals surface area (Å²) in [6.45, 7) is 6.59. The Morgan fingerprint density at radius 3 is 1.84 bits per heavy atom. The van der Waals surface area contributed by atoms with Crippen LogP contribution in [-0.4, -0.2) is 6.66 Å². The van der Waals surface area contributed by atoms with E-state index in [9.17, 15) is 0 Å². The molecule has 4 aromatic carbocycles. The lowest BCUT2D eigenvalue weighted by molar-refractivity contribution is 0.626. The topological polar surface area (TPSA) is 9.23 Å². The van der Waals surface area contributed by atoms with Crippen LogP contribution in [0.25, 0.3) is 32.7 Å². The molecule has 1 nitrogen and oxygen atoms in total. The van der Waals surface area contributed by atoms with Crippen LogP contribution in [0.3, 0.4) is 0 Å². The number of benzene rings is 4. The molecule has 0 saturated carbocycles. The van der Waals surface area contributed by atoms with Gasteiger partial charge >= 0.3 is 0 Å². The second-order valence-electron chi connectivity index (χ2n) is 6.83. The van der Waals surface area contributed by atoms with Gasteiger partial charge in [0.15, 0.2) is 0 Å². The van der Waals surface area contributed by atoms with Crippen molar-refractivity contribution in [1.82, 2.24) is 0 Å². The van der Waals surface area contributed by atoms with Crippen LogP contribution < -0.4 is 9.83 Å². The summed E-state index contributed by atoms with van der Waals surface area (Å²) in [4.78, 5) is 0. The first-order valence-electron chi connectivity index (χ1n) is 8.62. The zero-order valence-electron chi connectivity index (χ0n) is 14.6. The first-order chi connectivity index (χ1) is 12.1. The van der Waals surface area contributed by atoms with Crippen molar-refractivity contribution >= 4 is 35.0 Å². The molecule has 0 aromatic heterocycles. The van der Waals surface area contributed by atoms with Gasteiger partial charge in [0.2, 0.25) is 0 Å². The van der Waals surface area contributed by atoms with Gasteiger partial charge in [0.05, 0.1) is 0 Å². The molecule has 25 heavy (non-hydrogen) atoms. The van der Waals surface area contributed by atoms with E-state index in [4.69, 9.17) is 4.52 Å². The molecule has 0 spiro atoms. The molecule has 1 heterocycles. The van der Waals surface area contributed by atoms with E-state index in [1.54, 1.807) is 0 Å². The summed E-state index contributed by atoms with van der Waals surface area (Å²) in [6, 6.07) is 22.0. The molecule has 0 radical (unpaired) electrons. The minimum atomic E-state index is -0.651. The normalized spacial score (nSPS) is 15.7. The molecule has 4 aromatic rings. The average molecular weight is 342 g/mol. The molecule has 0 aliphatic carbocycles. The summed E-state index contributed by atoms with van der Waals surface area (Å²) >= 11 is 0. The van der Waals surface area contributed by atoms with Crippen LogP contribution in [0.2, 0.25) is 0 Å². The van der Waals surface area contributed by atoms with Crippen molar-refractivity contribution in [3.63, 3.8) is 0 Å². The van der Waals surface area contributed by atoms with Gasteiger partial charge in [-0.2, -0.15) is 0 Å². The monoisotopic (exact) mass is 342 g/mol. The fourth-order valence-electron chi connectivity index (χ4n) is 4.10. The zero-order chi connectivity index (χ0) is 17.1. The molecule has 1 aliphatic rings. The maximum atomic E-state index is 6.42. The highest BCUT2D eigenvalue weighted by molar-refractivity contribution is 7.61. The molecule has 0 saturated heterocycles. The Hall–Kier alpha value is -2.37. The van der Waals surface area contributed by atoms with Crippen LogP contribution >= 0.6 is 8.15 Å². The summed E-state index contributed by atoms with van der Waals surface area (Å²) in [6.07, 6.45) is 0. The highest BCUT2D eigenvalue weighted by Crippen LogP contribution is 2.52. The number of hydrogen-bond donors (Lipinski definition) is 0. The van der Waals surface area contributed by atoms with Gasteiger partial charge in [0, 0.05) is 16.4 Å². The number of aryl methyl sites for hydroxylation is 2. The minimum Gasteiger partial charge on any atom is -0.469 e. The standard InChI is InChI=1S/C23H19OP/c1-14-12-20-22(18-10-6-4-8-16(14)18)23-19-11-7-5-9-17(19)15(2)13-21(23)25(3)24-20/h4-13H,1-3H3. The molecular weight excluding hydrogens is 323 g/mol. The maximum absolute atomic E-state index is 6.42. The Labute approximate surface area is 149 Å². The van der Waals surface area contributed by atoms with Crippen molar-refractivity contribution in [2.45, 2.75) is 13.8 Å². The Balaban J connectivity index is 2.03. The largest absolute Gasteiger partial charge is 0.469 e. The van der Waals surface area contributed by atoms with Crippen molar-refractivity contribution in [2.24, 2.45) is 0 Å². The molecule has 0 bridgehead atoms. The van der Waals surface area contributed by atoms with Crippen molar-refractivity contribution < 1.29 is 4.52 Å². The Bertz CT molecular complexity index is 1160. The van der Waals surface area contributed by atoms with Crippen molar-refractivity contribution in [3.8, 4) is 16.9 Å². The molecule has 1 unspecified atom stereocenters. The number of fused-ring (bicyclic) bond motifs is 7. The van der Waals surface area contributed by atoms with Crippen LogP contribution in [-0.2, 0) is 0 Å². The maximum Gasteiger partial charge on any atom is 0.132 e. The van der Waals surface area contributed by atoms with E-state index in [2.05, 4.69) is 81.2 Å². The SMILES string of the molecule is Cc1cc2c(c3ccccc13)-c1c(cc(C)c3ccccc13)P(C)O2. The third-order valence-corrected chi connectivity index (χ3v) is 6.77. The van der Waals surface area contributed by atoms with E-state index in [-0.39, 0.29) is 0 Å². The number of hydrogen-bond acceptors (Lipinski definition) is 1. The van der Waals surface area contributed by atoms with Gasteiger partial charge in [-0.1, -0.05) is 48.5 Å². The summed E-state index contributed by atoms with van der Waals surface area (Å²) in [5, 5.41) is 6.62. The van der Waals surface area contributed by atoms with Gasteiger partial charge in [-0.3, -0.25) is 0 Å². The summed E-state index contributed by atoms with van der Waals surface area (Å²) in [7, 11) is -0.651. The van der Waals surface area contributed by atoms with Gasteiger partial charge < -0.3 is 4.52 Å².